The molecule has 0 amide bonds. The number of hydrogen-bond acceptors (Lipinski definition) is 5. The van der Waals surface area contributed by atoms with Gasteiger partial charge in [-0.15, -0.1) is 0 Å². The van der Waals surface area contributed by atoms with E-state index in [9.17, 15) is 27.9 Å². The van der Waals surface area contributed by atoms with Gasteiger partial charge in [0.25, 0.3) is 0 Å². The van der Waals surface area contributed by atoms with Crippen molar-refractivity contribution < 1.29 is 27.4 Å². The Bertz CT molecular complexity index is 1560. The molecule has 2 aromatic carbocycles. The third-order valence-electron chi connectivity index (χ3n) is 6.11. The van der Waals surface area contributed by atoms with Crippen molar-refractivity contribution in [1.29, 1.82) is 0 Å². The minimum Gasteiger partial charge on any atom is -0.493 e. The van der Waals surface area contributed by atoms with Gasteiger partial charge < -0.3 is 14.3 Å². The van der Waals surface area contributed by atoms with Gasteiger partial charge in [-0.3, -0.25) is 9.13 Å². The van der Waals surface area contributed by atoms with Crippen LogP contribution in [0.2, 0.25) is 5.02 Å². The predicted molar refractivity (Wildman–Crippen MR) is 138 cm³/mol. The van der Waals surface area contributed by atoms with Gasteiger partial charge >= 0.3 is 17.5 Å². The molecule has 4 aromatic rings. The topological polar surface area (TPSA) is 86.6 Å². The standard InChI is InChI=1S/C27H26ClF3N2O5/c1-2-7-20-22(11-10-19-21(27(29,30)31)15-24(35)38-25(19)20)37-13-5-3-4-12-32-23(34)16-33(26(32)36)18-9-6-8-17(28)14-18/h6,8-11,14-16,34H,2-5,7,12-13H2,1H3. The molecule has 4 rings (SSSR count). The zero-order valence-corrected chi connectivity index (χ0v) is 21.3. The molecule has 0 spiro atoms. The summed E-state index contributed by atoms with van der Waals surface area (Å²) >= 11 is 6.00. The molecule has 1 N–H and O–H groups in total. The SMILES string of the molecule is CCCc1c(OCCCCCn2c(O)cn(-c3cccc(Cl)c3)c2=O)ccc2c(C(F)(F)F)cc(=O)oc12. The second-order valence-corrected chi connectivity index (χ2v) is 9.26. The van der Waals surface area contributed by atoms with Crippen LogP contribution in [0.4, 0.5) is 13.2 Å². The summed E-state index contributed by atoms with van der Waals surface area (Å²) in [7, 11) is 0. The second-order valence-electron chi connectivity index (χ2n) is 8.83. The van der Waals surface area contributed by atoms with E-state index in [1.54, 1.807) is 24.3 Å². The van der Waals surface area contributed by atoms with Crippen LogP contribution in [0, 0.1) is 0 Å². The Labute approximate surface area is 220 Å². The van der Waals surface area contributed by atoms with Gasteiger partial charge in [-0.25, -0.2) is 9.59 Å². The van der Waals surface area contributed by atoms with Gasteiger partial charge in [0.2, 0.25) is 5.88 Å². The number of benzene rings is 2. The van der Waals surface area contributed by atoms with E-state index in [1.165, 1.54) is 27.5 Å². The number of halogens is 4. The minimum absolute atomic E-state index is 0.108. The predicted octanol–water partition coefficient (Wildman–Crippen LogP) is 6.33. The van der Waals surface area contributed by atoms with Crippen molar-refractivity contribution in [2.24, 2.45) is 0 Å². The summed E-state index contributed by atoms with van der Waals surface area (Å²) < 4.78 is 54.0. The van der Waals surface area contributed by atoms with Crippen LogP contribution in [0.25, 0.3) is 16.7 Å². The smallest absolute Gasteiger partial charge is 0.417 e. The van der Waals surface area contributed by atoms with Gasteiger partial charge in [0, 0.05) is 28.6 Å². The maximum absolute atomic E-state index is 13.5. The number of aromatic nitrogens is 2. The zero-order chi connectivity index (χ0) is 27.4. The molecule has 0 saturated heterocycles. The Morgan fingerprint density at radius 2 is 1.87 bits per heavy atom. The van der Waals surface area contributed by atoms with E-state index < -0.39 is 17.4 Å². The second kappa shape index (κ2) is 11.4. The number of rotatable bonds is 10. The molecule has 2 heterocycles. The lowest BCUT2D eigenvalue weighted by Gasteiger charge is -2.15. The first-order chi connectivity index (χ1) is 18.1. The van der Waals surface area contributed by atoms with Crippen LogP contribution in [0.1, 0.15) is 43.7 Å². The molecule has 7 nitrogen and oxygen atoms in total. The van der Waals surface area contributed by atoms with Crippen molar-refractivity contribution in [3.8, 4) is 17.3 Å². The average molecular weight is 551 g/mol. The van der Waals surface area contributed by atoms with Crippen molar-refractivity contribution in [2.45, 2.75) is 51.7 Å². The number of hydrogen-bond donors (Lipinski definition) is 1. The number of aromatic hydroxyl groups is 1. The number of fused-ring (bicyclic) bond motifs is 1. The highest BCUT2D eigenvalue weighted by Gasteiger charge is 2.34. The highest BCUT2D eigenvalue weighted by Crippen LogP contribution is 2.37. The van der Waals surface area contributed by atoms with Crippen LogP contribution in [0.15, 0.2) is 62.7 Å². The van der Waals surface area contributed by atoms with Gasteiger partial charge in [-0.1, -0.05) is 31.0 Å². The normalized spacial score (nSPS) is 11.8. The summed E-state index contributed by atoms with van der Waals surface area (Å²) in [5.41, 5.74) is -1.63. The third kappa shape index (κ3) is 5.91. The van der Waals surface area contributed by atoms with E-state index in [4.69, 9.17) is 20.8 Å². The number of ether oxygens (including phenoxy) is 1. The van der Waals surface area contributed by atoms with Crippen LogP contribution in [0.3, 0.4) is 0 Å². The van der Waals surface area contributed by atoms with Gasteiger partial charge in [0.15, 0.2) is 0 Å². The molecule has 0 bridgehead atoms. The van der Waals surface area contributed by atoms with Crippen LogP contribution in [-0.4, -0.2) is 20.8 Å². The van der Waals surface area contributed by atoms with E-state index in [1.807, 2.05) is 6.92 Å². The Morgan fingerprint density at radius 1 is 1.08 bits per heavy atom. The lowest BCUT2D eigenvalue weighted by atomic mass is 10.0. The van der Waals surface area contributed by atoms with Crippen LogP contribution in [0.5, 0.6) is 11.6 Å². The molecule has 0 fully saturated rings. The van der Waals surface area contributed by atoms with Crippen molar-refractivity contribution in [1.82, 2.24) is 9.13 Å². The Kier molecular flexibility index (Phi) is 8.20. The first kappa shape index (κ1) is 27.4. The molecule has 0 radical (unpaired) electrons. The van der Waals surface area contributed by atoms with Gasteiger partial charge in [0.1, 0.15) is 11.3 Å². The van der Waals surface area contributed by atoms with E-state index >= 15 is 0 Å². The molecule has 0 saturated carbocycles. The molecule has 11 heteroatoms. The van der Waals surface area contributed by atoms with Crippen molar-refractivity contribution in [3.05, 3.63) is 85.7 Å². The van der Waals surface area contributed by atoms with E-state index in [2.05, 4.69) is 0 Å². The van der Waals surface area contributed by atoms with Gasteiger partial charge in [-0.2, -0.15) is 13.2 Å². The number of nitrogens with zero attached hydrogens (tertiary/aromatic N) is 2. The molecule has 202 valence electrons. The highest BCUT2D eigenvalue weighted by molar-refractivity contribution is 6.30. The maximum atomic E-state index is 13.5. The third-order valence-corrected chi connectivity index (χ3v) is 6.34. The quantitative estimate of drug-likeness (QED) is 0.184. The van der Waals surface area contributed by atoms with Crippen molar-refractivity contribution >= 4 is 22.6 Å². The molecule has 0 aliphatic carbocycles. The lowest BCUT2D eigenvalue weighted by molar-refractivity contribution is -0.136. The van der Waals surface area contributed by atoms with Gasteiger partial charge in [0.05, 0.1) is 24.1 Å². The largest absolute Gasteiger partial charge is 0.493 e. The molecule has 0 aliphatic heterocycles. The van der Waals surface area contributed by atoms with E-state index in [0.29, 0.717) is 66.7 Å². The summed E-state index contributed by atoms with van der Waals surface area (Å²) in [5, 5.41) is 10.5. The molecule has 0 unspecified atom stereocenters. The number of imidazole rings is 1. The first-order valence-electron chi connectivity index (χ1n) is 12.2. The van der Waals surface area contributed by atoms with Crippen LogP contribution < -0.4 is 16.1 Å². The fraction of sp³-hybridized carbons (Fsp3) is 0.333. The Balaban J connectivity index is 1.40. The lowest BCUT2D eigenvalue weighted by Crippen LogP contribution is -2.23. The number of unbranched alkanes of at least 4 members (excludes halogenated alkanes) is 2. The Hall–Kier alpha value is -3.66. The van der Waals surface area contributed by atoms with E-state index in [0.717, 1.165) is 0 Å². The molecular formula is C27H26ClF3N2O5. The summed E-state index contributed by atoms with van der Waals surface area (Å²) in [6, 6.07) is 9.93. The van der Waals surface area contributed by atoms with Crippen LogP contribution in [-0.2, 0) is 19.1 Å². The fourth-order valence-corrected chi connectivity index (χ4v) is 4.53. The summed E-state index contributed by atoms with van der Waals surface area (Å²) in [6.07, 6.45) is -0.510. The minimum atomic E-state index is -4.69. The number of aryl methyl sites for hydroxylation is 1. The molecule has 2 aromatic heterocycles. The maximum Gasteiger partial charge on any atom is 0.417 e. The molecule has 0 atom stereocenters. The highest BCUT2D eigenvalue weighted by atomic mass is 35.5. The van der Waals surface area contributed by atoms with E-state index in [-0.39, 0.29) is 29.1 Å². The molecule has 38 heavy (non-hydrogen) atoms. The molecular weight excluding hydrogens is 525 g/mol. The zero-order valence-electron chi connectivity index (χ0n) is 20.6. The average Bonchev–Trinajstić information content (AvgIpc) is 3.14. The molecule has 0 aliphatic rings. The number of alkyl halides is 3. The summed E-state index contributed by atoms with van der Waals surface area (Å²) in [4.78, 5) is 24.6. The summed E-state index contributed by atoms with van der Waals surface area (Å²) in [5.74, 6) is 0.209. The Morgan fingerprint density at radius 3 is 2.58 bits per heavy atom. The first-order valence-corrected chi connectivity index (χ1v) is 12.5. The summed E-state index contributed by atoms with van der Waals surface area (Å²) in [6.45, 7) is 2.43. The van der Waals surface area contributed by atoms with Gasteiger partial charge in [-0.05, 0) is 56.0 Å². The van der Waals surface area contributed by atoms with Crippen molar-refractivity contribution in [3.63, 3.8) is 0 Å². The fourth-order valence-electron chi connectivity index (χ4n) is 4.34. The van der Waals surface area contributed by atoms with Crippen LogP contribution >= 0.6 is 11.6 Å². The van der Waals surface area contributed by atoms with Crippen molar-refractivity contribution in [2.75, 3.05) is 6.61 Å². The monoisotopic (exact) mass is 550 g/mol.